The molecule has 0 aromatic heterocycles. The van der Waals surface area contributed by atoms with Crippen molar-refractivity contribution >= 4 is 24.1 Å². The highest BCUT2D eigenvalue weighted by Crippen LogP contribution is 2.35. The van der Waals surface area contributed by atoms with E-state index in [1.54, 1.807) is 34.6 Å². The van der Waals surface area contributed by atoms with Gasteiger partial charge in [0.1, 0.15) is 11.9 Å². The van der Waals surface area contributed by atoms with Gasteiger partial charge in [-0.3, -0.25) is 4.79 Å². The van der Waals surface area contributed by atoms with Gasteiger partial charge >= 0.3 is 12.1 Å². The molecule has 0 saturated carbocycles. The maximum absolute atomic E-state index is 12.7. The zero-order chi connectivity index (χ0) is 19.4. The van der Waals surface area contributed by atoms with E-state index in [2.05, 4.69) is 5.32 Å². The van der Waals surface area contributed by atoms with E-state index < -0.39 is 29.0 Å². The second-order valence-corrected chi connectivity index (χ2v) is 6.77. The number of alkyl carbamates (subject to hydrolysis) is 1. The van der Waals surface area contributed by atoms with Gasteiger partial charge in [0.25, 0.3) is 0 Å². The van der Waals surface area contributed by atoms with E-state index in [1.807, 2.05) is 0 Å². The van der Waals surface area contributed by atoms with Crippen LogP contribution in [0.25, 0.3) is 0 Å². The van der Waals surface area contributed by atoms with E-state index in [9.17, 15) is 19.2 Å². The lowest BCUT2D eigenvalue weighted by atomic mass is 9.89. The van der Waals surface area contributed by atoms with E-state index in [-0.39, 0.29) is 19.6 Å². The first-order valence-corrected chi connectivity index (χ1v) is 8.07. The molecule has 1 aliphatic heterocycles. The van der Waals surface area contributed by atoms with Crippen molar-refractivity contribution in [2.24, 2.45) is 0 Å². The number of aldehydes is 1. The molecule has 0 spiro atoms. The van der Waals surface area contributed by atoms with Gasteiger partial charge in [0, 0.05) is 24.7 Å². The lowest BCUT2D eigenvalue weighted by molar-refractivity contribution is -0.159. The van der Waals surface area contributed by atoms with Gasteiger partial charge in [-0.05, 0) is 34.6 Å². The molecule has 1 heterocycles. The van der Waals surface area contributed by atoms with Crippen LogP contribution in [0, 0.1) is 0 Å². The standard InChI is InChI=1S/C17H26N2O6/c1-7-24-14(22)17(8-9-20)13(21)11(2)12(19(17)6)10-18-15(23)25-16(3,4)5/h9H,7-8,10H2,1-6H3,(H,18,23)/t17-/m1/s1. The molecule has 0 aliphatic carbocycles. The summed E-state index contributed by atoms with van der Waals surface area (Å²) in [6.07, 6.45) is -0.449. The van der Waals surface area contributed by atoms with Crippen LogP contribution < -0.4 is 5.32 Å². The molecule has 0 unspecified atom stereocenters. The van der Waals surface area contributed by atoms with E-state index in [0.717, 1.165) is 0 Å². The number of Topliss-reactive ketones (excluding diaryl/α,β-unsaturated/α-hetero) is 1. The van der Waals surface area contributed by atoms with E-state index >= 15 is 0 Å². The first-order valence-electron chi connectivity index (χ1n) is 8.07. The number of likely N-dealkylation sites (N-methyl/N-ethyl adjacent to an activating group) is 1. The van der Waals surface area contributed by atoms with Gasteiger partial charge in [-0.2, -0.15) is 0 Å². The normalized spacial score (nSPS) is 20.6. The summed E-state index contributed by atoms with van der Waals surface area (Å²) in [4.78, 5) is 49.5. The van der Waals surface area contributed by atoms with Crippen molar-refractivity contribution in [3.05, 3.63) is 11.3 Å². The molecule has 1 atom stereocenters. The Balaban J connectivity index is 3.03. The van der Waals surface area contributed by atoms with Crippen LogP contribution in [0.4, 0.5) is 4.79 Å². The second-order valence-electron chi connectivity index (χ2n) is 6.77. The van der Waals surface area contributed by atoms with Crippen LogP contribution in [0.1, 0.15) is 41.0 Å². The van der Waals surface area contributed by atoms with Crippen LogP contribution in [0.2, 0.25) is 0 Å². The van der Waals surface area contributed by atoms with E-state index in [4.69, 9.17) is 9.47 Å². The van der Waals surface area contributed by atoms with E-state index in [1.165, 1.54) is 11.9 Å². The zero-order valence-electron chi connectivity index (χ0n) is 15.6. The molecular formula is C17H26N2O6. The summed E-state index contributed by atoms with van der Waals surface area (Å²) in [5, 5.41) is 2.56. The quantitative estimate of drug-likeness (QED) is 0.434. The number of hydrogen-bond acceptors (Lipinski definition) is 7. The van der Waals surface area contributed by atoms with Gasteiger partial charge in [0.05, 0.1) is 13.2 Å². The molecule has 0 aromatic carbocycles. The number of carbonyl (C=O) groups is 4. The van der Waals surface area contributed by atoms with E-state index in [0.29, 0.717) is 17.6 Å². The molecular weight excluding hydrogens is 328 g/mol. The largest absolute Gasteiger partial charge is 0.464 e. The average Bonchev–Trinajstić information content (AvgIpc) is 2.66. The maximum atomic E-state index is 12.7. The molecule has 1 aliphatic rings. The van der Waals surface area contributed by atoms with Gasteiger partial charge in [-0.15, -0.1) is 0 Å². The highest BCUT2D eigenvalue weighted by Gasteiger charge is 2.56. The van der Waals surface area contributed by atoms with Crippen molar-refractivity contribution < 1.29 is 28.7 Å². The first-order chi connectivity index (χ1) is 11.5. The van der Waals surface area contributed by atoms with Crippen molar-refractivity contribution in [1.82, 2.24) is 10.2 Å². The molecule has 0 aromatic rings. The summed E-state index contributed by atoms with van der Waals surface area (Å²) >= 11 is 0. The number of esters is 1. The van der Waals surface area contributed by atoms with Gasteiger partial charge < -0.3 is 24.5 Å². The summed E-state index contributed by atoms with van der Waals surface area (Å²) in [6, 6.07) is 0. The van der Waals surface area contributed by atoms with Gasteiger partial charge in [0.2, 0.25) is 5.54 Å². The smallest absolute Gasteiger partial charge is 0.407 e. The predicted molar refractivity (Wildman–Crippen MR) is 89.8 cm³/mol. The molecule has 0 fully saturated rings. The number of nitrogens with zero attached hydrogens (tertiary/aromatic N) is 1. The number of ketones is 1. The fraction of sp³-hybridized carbons (Fsp3) is 0.647. The lowest BCUT2D eigenvalue weighted by Gasteiger charge is -2.34. The topological polar surface area (TPSA) is 102 Å². The molecule has 8 nitrogen and oxygen atoms in total. The summed E-state index contributed by atoms with van der Waals surface area (Å²) in [5.74, 6) is -1.28. The van der Waals surface area contributed by atoms with Crippen molar-refractivity contribution in [2.75, 3.05) is 20.2 Å². The van der Waals surface area contributed by atoms with Crippen LogP contribution in [0.15, 0.2) is 11.3 Å². The Morgan fingerprint density at radius 3 is 2.40 bits per heavy atom. The fourth-order valence-electron chi connectivity index (χ4n) is 2.71. The Bertz CT molecular complexity index is 605. The van der Waals surface area contributed by atoms with Gasteiger partial charge in [-0.25, -0.2) is 9.59 Å². The number of ether oxygens (including phenoxy) is 2. The minimum absolute atomic E-state index is 0.0109. The molecule has 0 radical (unpaired) electrons. The van der Waals surface area contributed by atoms with Gasteiger partial charge in [-0.1, -0.05) is 0 Å². The monoisotopic (exact) mass is 354 g/mol. The SMILES string of the molecule is CCOC(=O)[C@@]1(CC=O)C(=O)C(C)=C(CNC(=O)OC(C)(C)C)N1C. The van der Waals surface area contributed by atoms with Crippen molar-refractivity contribution in [2.45, 2.75) is 52.2 Å². The predicted octanol–water partition coefficient (Wildman–Crippen LogP) is 1.19. The molecule has 1 N–H and O–H groups in total. The minimum atomic E-state index is -1.72. The van der Waals surface area contributed by atoms with Crippen molar-refractivity contribution in [3.63, 3.8) is 0 Å². The third kappa shape index (κ3) is 4.18. The number of hydrogen-bond donors (Lipinski definition) is 1. The highest BCUT2D eigenvalue weighted by molar-refractivity contribution is 6.19. The Hall–Kier alpha value is -2.38. The van der Waals surface area contributed by atoms with Crippen molar-refractivity contribution in [1.29, 1.82) is 0 Å². The Kier molecular flexibility index (Phi) is 6.34. The first kappa shape index (κ1) is 20.7. The van der Waals surface area contributed by atoms with Crippen LogP contribution in [0.5, 0.6) is 0 Å². The third-order valence-corrected chi connectivity index (χ3v) is 3.92. The van der Waals surface area contributed by atoms with Gasteiger partial charge in [0.15, 0.2) is 5.78 Å². The molecule has 25 heavy (non-hydrogen) atoms. The van der Waals surface area contributed by atoms with Crippen LogP contribution >= 0.6 is 0 Å². The molecule has 8 heteroatoms. The highest BCUT2D eigenvalue weighted by atomic mass is 16.6. The molecule has 0 saturated heterocycles. The summed E-state index contributed by atoms with van der Waals surface area (Å²) in [7, 11) is 1.53. The molecule has 0 bridgehead atoms. The molecule has 1 amide bonds. The van der Waals surface area contributed by atoms with Crippen LogP contribution in [0.3, 0.4) is 0 Å². The maximum Gasteiger partial charge on any atom is 0.407 e. The summed E-state index contributed by atoms with van der Waals surface area (Å²) in [6.45, 7) is 8.45. The number of carbonyl (C=O) groups excluding carboxylic acids is 4. The summed E-state index contributed by atoms with van der Waals surface area (Å²) < 4.78 is 10.2. The minimum Gasteiger partial charge on any atom is -0.464 e. The Morgan fingerprint density at radius 1 is 1.32 bits per heavy atom. The molecule has 1 rings (SSSR count). The second kappa shape index (κ2) is 7.67. The number of rotatable bonds is 6. The Labute approximate surface area is 147 Å². The lowest BCUT2D eigenvalue weighted by Crippen LogP contribution is -2.56. The molecule has 140 valence electrons. The van der Waals surface area contributed by atoms with Crippen molar-refractivity contribution in [3.8, 4) is 0 Å². The fourth-order valence-corrected chi connectivity index (χ4v) is 2.71. The average molecular weight is 354 g/mol. The number of nitrogens with one attached hydrogen (secondary N) is 1. The van der Waals surface area contributed by atoms with Crippen LogP contribution in [-0.4, -0.2) is 60.4 Å². The summed E-state index contributed by atoms with van der Waals surface area (Å²) in [5.41, 5.74) is -1.64. The number of amides is 1. The van der Waals surface area contributed by atoms with Crippen LogP contribution in [-0.2, 0) is 23.9 Å². The Morgan fingerprint density at radius 2 is 1.92 bits per heavy atom. The zero-order valence-corrected chi connectivity index (χ0v) is 15.6. The third-order valence-electron chi connectivity index (χ3n) is 3.92.